The van der Waals surface area contributed by atoms with Gasteiger partial charge in [-0.05, 0) is 55.3 Å². The summed E-state index contributed by atoms with van der Waals surface area (Å²) < 4.78 is 18.8. The summed E-state index contributed by atoms with van der Waals surface area (Å²) in [5.74, 6) is -0.0682. The topological polar surface area (TPSA) is 94.6 Å². The highest BCUT2D eigenvalue weighted by atomic mass is 19.1. The molecule has 9 heteroatoms. The highest BCUT2D eigenvalue weighted by Crippen LogP contribution is 2.26. The molecule has 176 valence electrons. The number of nitrogens with one attached hydrogen (secondary N) is 1. The number of carboxylic acids is 1. The molecular formula is C25H26FN5O3. The maximum absolute atomic E-state index is 13.6. The molecule has 0 unspecified atom stereocenters. The number of anilines is 1. The van der Waals surface area contributed by atoms with Gasteiger partial charge in [-0.2, -0.15) is 0 Å². The third-order valence-electron chi connectivity index (χ3n) is 6.23. The fourth-order valence-electron chi connectivity index (χ4n) is 4.52. The standard InChI is InChI=1S/C25H26FN5O3/c26-18-3-5-21-20(14-18)17(15-28-21)2-1-9-30-10-12-31(13-11-30)25-19-4-6-23(34-16-24(32)33)29-22(19)7-8-27-25/h3-8,14-15,28H,1-2,9-13,16H2,(H,32,33). The summed E-state index contributed by atoms with van der Waals surface area (Å²) in [6.07, 6.45) is 5.63. The predicted molar refractivity (Wildman–Crippen MR) is 128 cm³/mol. The number of hydrogen-bond acceptors (Lipinski definition) is 6. The van der Waals surface area contributed by atoms with E-state index in [1.54, 1.807) is 30.5 Å². The Hall–Kier alpha value is -3.72. The van der Waals surface area contributed by atoms with Crippen molar-refractivity contribution in [3.8, 4) is 5.88 Å². The molecule has 0 radical (unpaired) electrons. The van der Waals surface area contributed by atoms with E-state index in [1.807, 2.05) is 12.3 Å². The van der Waals surface area contributed by atoms with Gasteiger partial charge in [0, 0.05) is 60.9 Å². The molecule has 1 aliphatic heterocycles. The highest BCUT2D eigenvalue weighted by molar-refractivity contribution is 5.90. The zero-order chi connectivity index (χ0) is 23.5. The molecule has 0 bridgehead atoms. The summed E-state index contributed by atoms with van der Waals surface area (Å²) in [7, 11) is 0. The smallest absolute Gasteiger partial charge is 0.341 e. The number of rotatable bonds is 8. The number of fused-ring (bicyclic) bond motifs is 2. The second-order valence-corrected chi connectivity index (χ2v) is 8.47. The number of pyridine rings is 2. The average molecular weight is 464 g/mol. The van der Waals surface area contributed by atoms with Crippen molar-refractivity contribution in [2.45, 2.75) is 12.8 Å². The zero-order valence-corrected chi connectivity index (χ0v) is 18.7. The maximum atomic E-state index is 13.6. The van der Waals surface area contributed by atoms with E-state index in [2.05, 4.69) is 24.8 Å². The van der Waals surface area contributed by atoms with Crippen molar-refractivity contribution >= 4 is 33.6 Å². The Bertz CT molecular complexity index is 1320. The number of aryl methyl sites for hydroxylation is 1. The Morgan fingerprint density at radius 3 is 2.79 bits per heavy atom. The van der Waals surface area contributed by atoms with E-state index in [0.717, 1.165) is 78.8 Å². The van der Waals surface area contributed by atoms with Crippen LogP contribution in [0, 0.1) is 5.82 Å². The second-order valence-electron chi connectivity index (χ2n) is 8.47. The minimum atomic E-state index is -1.04. The minimum absolute atomic E-state index is 0.203. The number of ether oxygens (including phenoxy) is 1. The van der Waals surface area contributed by atoms with Gasteiger partial charge in [0.2, 0.25) is 5.88 Å². The summed E-state index contributed by atoms with van der Waals surface area (Å²) >= 11 is 0. The van der Waals surface area contributed by atoms with Gasteiger partial charge >= 0.3 is 5.97 Å². The van der Waals surface area contributed by atoms with Gasteiger partial charge in [0.15, 0.2) is 6.61 Å². The van der Waals surface area contributed by atoms with Crippen molar-refractivity contribution in [3.63, 3.8) is 0 Å². The lowest BCUT2D eigenvalue weighted by atomic mass is 10.1. The van der Waals surface area contributed by atoms with Crippen molar-refractivity contribution in [3.05, 3.63) is 60.2 Å². The van der Waals surface area contributed by atoms with Crippen molar-refractivity contribution in [2.75, 3.05) is 44.2 Å². The normalized spacial score (nSPS) is 14.7. The number of aromatic amines is 1. The summed E-state index contributed by atoms with van der Waals surface area (Å²) in [4.78, 5) is 27.7. The number of benzene rings is 1. The maximum Gasteiger partial charge on any atom is 0.341 e. The number of nitrogens with zero attached hydrogens (tertiary/aromatic N) is 4. The third kappa shape index (κ3) is 4.79. The Kier molecular flexibility index (Phi) is 6.27. The Balaban J connectivity index is 1.17. The van der Waals surface area contributed by atoms with Crippen LogP contribution in [0.15, 0.2) is 48.8 Å². The van der Waals surface area contributed by atoms with Crippen LogP contribution in [0.1, 0.15) is 12.0 Å². The Morgan fingerprint density at radius 2 is 1.97 bits per heavy atom. The van der Waals surface area contributed by atoms with Crippen LogP contribution >= 0.6 is 0 Å². The van der Waals surface area contributed by atoms with Gasteiger partial charge in [-0.15, -0.1) is 0 Å². The number of piperazine rings is 1. The van der Waals surface area contributed by atoms with Crippen LogP contribution in [0.25, 0.3) is 21.8 Å². The highest BCUT2D eigenvalue weighted by Gasteiger charge is 2.20. The van der Waals surface area contributed by atoms with Gasteiger partial charge in [-0.25, -0.2) is 19.2 Å². The van der Waals surface area contributed by atoms with Crippen molar-refractivity contribution in [2.24, 2.45) is 0 Å². The lowest BCUT2D eigenvalue weighted by Gasteiger charge is -2.35. The molecule has 0 amide bonds. The molecule has 4 aromatic rings. The molecule has 5 rings (SSSR count). The molecule has 8 nitrogen and oxygen atoms in total. The molecule has 3 aromatic heterocycles. The van der Waals surface area contributed by atoms with E-state index in [0.29, 0.717) is 0 Å². The minimum Gasteiger partial charge on any atom is -0.479 e. The molecule has 0 atom stereocenters. The quantitative estimate of drug-likeness (QED) is 0.413. The molecule has 1 aromatic carbocycles. The molecule has 1 saturated heterocycles. The second kappa shape index (κ2) is 9.64. The zero-order valence-electron chi connectivity index (χ0n) is 18.7. The van der Waals surface area contributed by atoms with Gasteiger partial charge in [-0.3, -0.25) is 4.90 Å². The number of carbonyl (C=O) groups is 1. The lowest BCUT2D eigenvalue weighted by molar-refractivity contribution is -0.139. The molecule has 1 aliphatic rings. The van der Waals surface area contributed by atoms with Gasteiger partial charge in [0.25, 0.3) is 0 Å². The van der Waals surface area contributed by atoms with E-state index >= 15 is 0 Å². The van der Waals surface area contributed by atoms with Crippen LogP contribution in [-0.2, 0) is 11.2 Å². The molecule has 0 aliphatic carbocycles. The largest absolute Gasteiger partial charge is 0.479 e. The lowest BCUT2D eigenvalue weighted by Crippen LogP contribution is -2.47. The van der Waals surface area contributed by atoms with E-state index < -0.39 is 12.6 Å². The molecule has 0 saturated carbocycles. The first-order chi connectivity index (χ1) is 16.6. The van der Waals surface area contributed by atoms with Crippen LogP contribution in [0.2, 0.25) is 0 Å². The number of H-pyrrole nitrogens is 1. The monoisotopic (exact) mass is 463 g/mol. The first kappa shape index (κ1) is 22.1. The molecular weight excluding hydrogens is 437 g/mol. The van der Waals surface area contributed by atoms with E-state index in [9.17, 15) is 9.18 Å². The summed E-state index contributed by atoms with van der Waals surface area (Å²) in [6.45, 7) is 4.17. The van der Waals surface area contributed by atoms with E-state index in [1.165, 1.54) is 6.07 Å². The number of halogens is 1. The third-order valence-corrected chi connectivity index (χ3v) is 6.23. The molecule has 1 fully saturated rings. The molecule has 0 spiro atoms. The summed E-state index contributed by atoms with van der Waals surface area (Å²) in [5.41, 5.74) is 2.86. The van der Waals surface area contributed by atoms with Gasteiger partial charge < -0.3 is 19.7 Å². The molecule has 4 heterocycles. The van der Waals surface area contributed by atoms with E-state index in [-0.39, 0.29) is 11.7 Å². The van der Waals surface area contributed by atoms with Crippen molar-refractivity contribution in [1.29, 1.82) is 0 Å². The number of hydrogen-bond donors (Lipinski definition) is 2. The molecule has 2 N–H and O–H groups in total. The van der Waals surface area contributed by atoms with Crippen LogP contribution in [-0.4, -0.2) is 70.3 Å². The summed E-state index contributed by atoms with van der Waals surface area (Å²) in [6, 6.07) is 10.2. The fourth-order valence-corrected chi connectivity index (χ4v) is 4.52. The number of aliphatic carboxylic acids is 1. The fraction of sp³-hybridized carbons (Fsp3) is 0.320. The first-order valence-corrected chi connectivity index (χ1v) is 11.4. The summed E-state index contributed by atoms with van der Waals surface area (Å²) in [5, 5.41) is 10.7. The van der Waals surface area contributed by atoms with Crippen LogP contribution in [0.5, 0.6) is 5.88 Å². The SMILES string of the molecule is O=C(O)COc1ccc2c(N3CCN(CCCc4c[nH]c5ccc(F)cc45)CC3)nccc2n1. The molecule has 34 heavy (non-hydrogen) atoms. The first-order valence-electron chi connectivity index (χ1n) is 11.4. The van der Waals surface area contributed by atoms with Crippen molar-refractivity contribution in [1.82, 2.24) is 19.9 Å². The predicted octanol–water partition coefficient (Wildman–Crippen LogP) is 3.47. The van der Waals surface area contributed by atoms with Crippen LogP contribution in [0.4, 0.5) is 10.2 Å². The Morgan fingerprint density at radius 1 is 1.12 bits per heavy atom. The van der Waals surface area contributed by atoms with Crippen LogP contribution < -0.4 is 9.64 Å². The number of aromatic nitrogens is 3. The Labute approximate surface area is 196 Å². The average Bonchev–Trinajstić information content (AvgIpc) is 3.24. The van der Waals surface area contributed by atoms with Crippen molar-refractivity contribution < 1.29 is 19.0 Å². The van der Waals surface area contributed by atoms with Gasteiger partial charge in [0.05, 0.1) is 5.52 Å². The van der Waals surface area contributed by atoms with Crippen LogP contribution in [0.3, 0.4) is 0 Å². The van der Waals surface area contributed by atoms with Gasteiger partial charge in [0.1, 0.15) is 11.6 Å². The van der Waals surface area contributed by atoms with Gasteiger partial charge in [-0.1, -0.05) is 0 Å². The van der Waals surface area contributed by atoms with E-state index in [4.69, 9.17) is 9.84 Å². The number of carboxylic acid groups (broad SMARTS) is 1.